The van der Waals surface area contributed by atoms with Gasteiger partial charge in [0.1, 0.15) is 5.75 Å². The first-order valence-corrected chi connectivity index (χ1v) is 9.06. The Morgan fingerprint density at radius 3 is 2.48 bits per heavy atom. The van der Waals surface area contributed by atoms with Crippen molar-refractivity contribution in [2.24, 2.45) is 0 Å². The van der Waals surface area contributed by atoms with Crippen LogP contribution in [-0.2, 0) is 20.9 Å². The summed E-state index contributed by atoms with van der Waals surface area (Å²) in [6.45, 7) is 3.79. The van der Waals surface area contributed by atoms with E-state index in [-0.39, 0.29) is 6.54 Å². The van der Waals surface area contributed by atoms with Gasteiger partial charge >= 0.3 is 5.97 Å². The van der Waals surface area contributed by atoms with Crippen molar-refractivity contribution in [2.75, 3.05) is 18.5 Å². The molecule has 0 radical (unpaired) electrons. The van der Waals surface area contributed by atoms with E-state index in [9.17, 15) is 9.59 Å². The highest BCUT2D eigenvalue weighted by Gasteiger charge is 2.12. The van der Waals surface area contributed by atoms with Crippen LogP contribution < -0.4 is 10.1 Å². The fraction of sp³-hybridized carbons (Fsp3) is 0.250. The number of carbonyl (C=O) groups excluding carboxylic acids is 2. The quantitative estimate of drug-likeness (QED) is 0.583. The van der Waals surface area contributed by atoms with Gasteiger partial charge in [-0.15, -0.1) is 10.2 Å². The molecule has 29 heavy (non-hydrogen) atoms. The Morgan fingerprint density at radius 2 is 1.79 bits per heavy atom. The Morgan fingerprint density at radius 1 is 1.07 bits per heavy atom. The zero-order valence-electron chi connectivity index (χ0n) is 16.2. The molecule has 0 bridgehead atoms. The molecule has 0 aliphatic carbocycles. The molecule has 0 atom stereocenters. The largest absolute Gasteiger partial charge is 0.494 e. The number of aromatic nitrogens is 4. The van der Waals surface area contributed by atoms with Crippen LogP contribution in [0.2, 0.25) is 0 Å². The maximum atomic E-state index is 11.9. The van der Waals surface area contributed by atoms with Gasteiger partial charge in [0.25, 0.3) is 5.91 Å². The van der Waals surface area contributed by atoms with Gasteiger partial charge in [-0.05, 0) is 43.3 Å². The molecule has 0 fully saturated rings. The number of tetrazole rings is 1. The first kappa shape index (κ1) is 20.0. The Kier molecular flexibility index (Phi) is 6.51. The lowest BCUT2D eigenvalue weighted by Gasteiger charge is -2.07. The number of nitrogens with one attached hydrogen (secondary N) is 1. The van der Waals surface area contributed by atoms with E-state index in [1.807, 2.05) is 38.1 Å². The molecule has 1 aromatic heterocycles. The van der Waals surface area contributed by atoms with Crippen molar-refractivity contribution in [3.63, 3.8) is 0 Å². The number of rotatable bonds is 8. The van der Waals surface area contributed by atoms with Crippen LogP contribution in [0.15, 0.2) is 48.5 Å². The lowest BCUT2D eigenvalue weighted by Crippen LogP contribution is -2.23. The number of benzene rings is 2. The van der Waals surface area contributed by atoms with Gasteiger partial charge in [-0.25, -0.2) is 4.79 Å². The lowest BCUT2D eigenvalue weighted by molar-refractivity contribution is -0.148. The summed E-state index contributed by atoms with van der Waals surface area (Å²) in [4.78, 5) is 25.0. The number of nitrogens with zero attached hydrogens (tertiary/aromatic N) is 4. The monoisotopic (exact) mass is 395 g/mol. The second-order valence-corrected chi connectivity index (χ2v) is 6.18. The molecule has 0 saturated heterocycles. The standard InChI is InChI=1S/C20H21N5O4/c1-3-28-17-10-8-16(9-11-17)21-18(26)13-29-19(27)12-25-23-20(22-24-25)15-6-4-14(2)5-7-15/h4-11H,3,12-13H2,1-2H3,(H,21,26). The third-order valence-corrected chi connectivity index (χ3v) is 3.85. The molecule has 150 valence electrons. The highest BCUT2D eigenvalue weighted by Crippen LogP contribution is 2.16. The van der Waals surface area contributed by atoms with E-state index in [0.717, 1.165) is 15.9 Å². The molecule has 0 saturated carbocycles. The van der Waals surface area contributed by atoms with Gasteiger partial charge in [-0.3, -0.25) is 4.79 Å². The SMILES string of the molecule is CCOc1ccc(NC(=O)COC(=O)Cn2nnc(-c3ccc(C)cc3)n2)cc1. The fourth-order valence-electron chi connectivity index (χ4n) is 2.43. The molecular formula is C20H21N5O4. The number of amides is 1. The summed E-state index contributed by atoms with van der Waals surface area (Å²) in [6.07, 6.45) is 0. The minimum absolute atomic E-state index is 0.241. The molecule has 1 amide bonds. The summed E-state index contributed by atoms with van der Waals surface area (Å²) < 4.78 is 10.3. The van der Waals surface area contributed by atoms with Crippen molar-refractivity contribution in [1.82, 2.24) is 20.2 Å². The average molecular weight is 395 g/mol. The molecule has 0 aliphatic heterocycles. The summed E-state index contributed by atoms with van der Waals surface area (Å²) >= 11 is 0. The normalized spacial score (nSPS) is 10.4. The van der Waals surface area contributed by atoms with Crippen molar-refractivity contribution < 1.29 is 19.1 Å². The highest BCUT2D eigenvalue weighted by atomic mass is 16.5. The molecule has 3 aromatic rings. The Hall–Kier alpha value is -3.75. The zero-order chi connectivity index (χ0) is 20.6. The van der Waals surface area contributed by atoms with Crippen LogP contribution in [0.1, 0.15) is 12.5 Å². The summed E-state index contributed by atoms with van der Waals surface area (Å²) in [5, 5.41) is 14.5. The van der Waals surface area contributed by atoms with Gasteiger partial charge in [0.05, 0.1) is 6.61 Å². The van der Waals surface area contributed by atoms with Crippen molar-refractivity contribution in [3.05, 3.63) is 54.1 Å². The van der Waals surface area contributed by atoms with E-state index in [1.54, 1.807) is 24.3 Å². The maximum Gasteiger partial charge on any atom is 0.330 e. The molecule has 2 aromatic carbocycles. The van der Waals surface area contributed by atoms with Crippen LogP contribution in [-0.4, -0.2) is 45.3 Å². The first-order valence-electron chi connectivity index (χ1n) is 9.06. The third kappa shape index (κ3) is 5.86. The minimum atomic E-state index is -0.639. The van der Waals surface area contributed by atoms with Crippen molar-refractivity contribution in [3.8, 4) is 17.1 Å². The van der Waals surface area contributed by atoms with Crippen LogP contribution in [0.5, 0.6) is 5.75 Å². The predicted octanol–water partition coefficient (Wildman–Crippen LogP) is 2.23. The van der Waals surface area contributed by atoms with Crippen LogP contribution in [0.25, 0.3) is 11.4 Å². The van der Waals surface area contributed by atoms with E-state index in [4.69, 9.17) is 9.47 Å². The van der Waals surface area contributed by atoms with Gasteiger partial charge in [0, 0.05) is 11.3 Å². The van der Waals surface area contributed by atoms with Crippen molar-refractivity contribution >= 4 is 17.6 Å². The smallest absolute Gasteiger partial charge is 0.330 e. The first-order chi connectivity index (χ1) is 14.0. The second kappa shape index (κ2) is 9.45. The van der Waals surface area contributed by atoms with Gasteiger partial charge in [-0.2, -0.15) is 4.80 Å². The maximum absolute atomic E-state index is 11.9. The van der Waals surface area contributed by atoms with E-state index >= 15 is 0 Å². The van der Waals surface area contributed by atoms with Crippen LogP contribution >= 0.6 is 0 Å². The van der Waals surface area contributed by atoms with Gasteiger partial charge in [0.2, 0.25) is 5.82 Å². The second-order valence-electron chi connectivity index (χ2n) is 6.18. The molecule has 0 spiro atoms. The lowest BCUT2D eigenvalue weighted by atomic mass is 10.1. The summed E-state index contributed by atoms with van der Waals surface area (Å²) in [5.74, 6) is 0.0300. The average Bonchev–Trinajstić information content (AvgIpc) is 3.17. The van der Waals surface area contributed by atoms with Crippen LogP contribution in [0, 0.1) is 6.92 Å². The van der Waals surface area contributed by atoms with E-state index in [2.05, 4.69) is 20.7 Å². The van der Waals surface area contributed by atoms with Crippen molar-refractivity contribution in [2.45, 2.75) is 20.4 Å². The number of hydrogen-bond donors (Lipinski definition) is 1. The molecule has 1 N–H and O–H groups in total. The third-order valence-electron chi connectivity index (χ3n) is 3.85. The minimum Gasteiger partial charge on any atom is -0.494 e. The molecule has 9 heteroatoms. The summed E-state index contributed by atoms with van der Waals surface area (Å²) in [7, 11) is 0. The zero-order valence-corrected chi connectivity index (χ0v) is 16.2. The van der Waals surface area contributed by atoms with Crippen LogP contribution in [0.4, 0.5) is 5.69 Å². The van der Waals surface area contributed by atoms with Gasteiger partial charge < -0.3 is 14.8 Å². The molecule has 0 unspecified atom stereocenters. The van der Waals surface area contributed by atoms with Gasteiger partial charge in [-0.1, -0.05) is 29.8 Å². The fourth-order valence-corrected chi connectivity index (χ4v) is 2.43. The molecule has 0 aliphatic rings. The van der Waals surface area contributed by atoms with Crippen molar-refractivity contribution in [1.29, 1.82) is 0 Å². The predicted molar refractivity (Wildman–Crippen MR) is 105 cm³/mol. The number of ether oxygens (including phenoxy) is 2. The van der Waals surface area contributed by atoms with Gasteiger partial charge in [0.15, 0.2) is 13.2 Å². The topological polar surface area (TPSA) is 108 Å². The Balaban J connectivity index is 1.46. The molecule has 9 nitrogen and oxygen atoms in total. The van der Waals surface area contributed by atoms with E-state index in [1.165, 1.54) is 0 Å². The summed E-state index contributed by atoms with van der Waals surface area (Å²) in [5.41, 5.74) is 2.49. The Bertz CT molecular complexity index is 967. The number of aryl methyl sites for hydroxylation is 1. The molecule has 3 rings (SSSR count). The summed E-state index contributed by atoms with van der Waals surface area (Å²) in [6, 6.07) is 14.5. The molecular weight excluding hydrogens is 374 g/mol. The molecule has 1 heterocycles. The van der Waals surface area contributed by atoms with Crippen LogP contribution in [0.3, 0.4) is 0 Å². The van der Waals surface area contributed by atoms with E-state index in [0.29, 0.717) is 23.9 Å². The number of esters is 1. The number of anilines is 1. The Labute approximate surface area is 167 Å². The van der Waals surface area contributed by atoms with E-state index < -0.39 is 18.5 Å². The number of carbonyl (C=O) groups is 2. The highest BCUT2D eigenvalue weighted by molar-refractivity contribution is 5.92. The number of hydrogen-bond acceptors (Lipinski definition) is 7.